The summed E-state index contributed by atoms with van der Waals surface area (Å²) in [5.41, 5.74) is 3.78. The van der Waals surface area contributed by atoms with E-state index in [0.717, 1.165) is 11.1 Å². The van der Waals surface area contributed by atoms with Crippen LogP contribution in [0.15, 0.2) is 63.8 Å². The van der Waals surface area contributed by atoms with E-state index in [1.165, 1.54) is 11.3 Å². The number of methoxy groups -OCH3 is 1. The zero-order valence-corrected chi connectivity index (χ0v) is 19.4. The second-order valence-electron chi connectivity index (χ2n) is 7.87. The number of nitrogens with zero attached hydrogens (tertiary/aromatic N) is 3. The van der Waals surface area contributed by atoms with Gasteiger partial charge in [-0.15, -0.1) is 11.3 Å². The Kier molecular flexibility index (Phi) is 6.18. The summed E-state index contributed by atoms with van der Waals surface area (Å²) in [6.45, 7) is 2.08. The topological polar surface area (TPSA) is 85.1 Å². The average Bonchev–Trinajstić information content (AvgIpc) is 3.56. The van der Waals surface area contributed by atoms with Gasteiger partial charge < -0.3 is 23.7 Å². The number of para-hydroxylation sites is 1. The molecule has 9 heteroatoms. The first kappa shape index (κ1) is 22.0. The molecule has 1 saturated heterocycles. The van der Waals surface area contributed by atoms with E-state index in [-0.39, 0.29) is 11.8 Å². The third kappa shape index (κ3) is 4.47. The summed E-state index contributed by atoms with van der Waals surface area (Å²) in [5.74, 6) is 1.08. The third-order valence-corrected chi connectivity index (χ3v) is 6.40. The number of carbonyl (C=O) groups is 2. The predicted molar refractivity (Wildman–Crippen MR) is 127 cm³/mol. The lowest BCUT2D eigenvalue weighted by molar-refractivity contribution is 0.0519. The smallest absolute Gasteiger partial charge is 0.289 e. The van der Waals surface area contributed by atoms with Gasteiger partial charge in [-0.25, -0.2) is 4.98 Å². The molecule has 5 rings (SSSR count). The number of piperazine rings is 1. The van der Waals surface area contributed by atoms with Crippen molar-refractivity contribution >= 4 is 34.1 Å². The molecule has 0 spiro atoms. The summed E-state index contributed by atoms with van der Waals surface area (Å²) in [4.78, 5) is 33.6. The molecule has 0 unspecified atom stereocenters. The van der Waals surface area contributed by atoms with E-state index in [1.807, 2.05) is 29.6 Å². The molecule has 4 aromatic rings. The number of ether oxygens (including phenoxy) is 2. The monoisotopic (exact) mass is 477 g/mol. The third-order valence-electron chi connectivity index (χ3n) is 5.76. The molecule has 0 aliphatic carbocycles. The Hall–Kier alpha value is -3.85. The zero-order chi connectivity index (χ0) is 23.5. The highest BCUT2D eigenvalue weighted by atomic mass is 32.1. The van der Waals surface area contributed by atoms with Crippen LogP contribution in [0.1, 0.15) is 26.6 Å². The van der Waals surface area contributed by atoms with Gasteiger partial charge in [-0.05, 0) is 30.3 Å². The Bertz CT molecular complexity index is 1280. The molecule has 1 aliphatic rings. The Morgan fingerprint density at radius 3 is 2.47 bits per heavy atom. The van der Waals surface area contributed by atoms with Gasteiger partial charge in [-0.1, -0.05) is 18.2 Å². The van der Waals surface area contributed by atoms with Crippen LogP contribution in [0, 0.1) is 0 Å². The highest BCUT2D eigenvalue weighted by molar-refractivity contribution is 7.07. The van der Waals surface area contributed by atoms with Crippen molar-refractivity contribution in [2.75, 3.05) is 33.3 Å². The van der Waals surface area contributed by atoms with Crippen molar-refractivity contribution in [3.63, 3.8) is 0 Å². The molecule has 2 amide bonds. The Labute approximate surface area is 200 Å². The molecule has 8 nitrogen and oxygen atoms in total. The van der Waals surface area contributed by atoms with Gasteiger partial charge in [-0.2, -0.15) is 0 Å². The maximum atomic E-state index is 13.1. The molecular formula is C25H23N3O5S. The number of aromatic nitrogens is 1. The van der Waals surface area contributed by atoms with E-state index in [1.54, 1.807) is 46.7 Å². The molecule has 0 N–H and O–H groups in total. The van der Waals surface area contributed by atoms with Gasteiger partial charge in [0.05, 0.1) is 18.3 Å². The Morgan fingerprint density at radius 1 is 1.00 bits per heavy atom. The number of furan rings is 1. The highest BCUT2D eigenvalue weighted by Gasteiger charge is 2.27. The summed E-state index contributed by atoms with van der Waals surface area (Å²) in [6.07, 6.45) is 0. The minimum atomic E-state index is -0.161. The maximum Gasteiger partial charge on any atom is 0.289 e. The lowest BCUT2D eigenvalue weighted by Gasteiger charge is -2.34. The van der Waals surface area contributed by atoms with Crippen molar-refractivity contribution < 1.29 is 23.5 Å². The molecule has 0 bridgehead atoms. The molecular weight excluding hydrogens is 454 g/mol. The van der Waals surface area contributed by atoms with Gasteiger partial charge >= 0.3 is 0 Å². The van der Waals surface area contributed by atoms with Crippen LogP contribution in [-0.2, 0) is 6.61 Å². The number of benzene rings is 2. The normalized spacial score (nSPS) is 13.8. The lowest BCUT2D eigenvalue weighted by Crippen LogP contribution is -2.50. The zero-order valence-electron chi connectivity index (χ0n) is 18.6. The van der Waals surface area contributed by atoms with Crippen LogP contribution >= 0.6 is 11.3 Å². The quantitative estimate of drug-likeness (QED) is 0.416. The number of hydrogen-bond donors (Lipinski definition) is 0. The average molecular weight is 478 g/mol. The van der Waals surface area contributed by atoms with Crippen molar-refractivity contribution in [3.8, 4) is 11.5 Å². The fraction of sp³-hybridized carbons (Fsp3) is 0.240. The van der Waals surface area contributed by atoms with Crippen LogP contribution in [0.2, 0.25) is 0 Å². The van der Waals surface area contributed by atoms with Gasteiger partial charge in [0.15, 0.2) is 17.3 Å². The second kappa shape index (κ2) is 9.56. The maximum absolute atomic E-state index is 13.1. The molecule has 1 fully saturated rings. The number of thiazole rings is 1. The lowest BCUT2D eigenvalue weighted by atomic mass is 10.1. The summed E-state index contributed by atoms with van der Waals surface area (Å²) in [7, 11) is 1.54. The van der Waals surface area contributed by atoms with E-state index in [9.17, 15) is 9.59 Å². The standard InChI is InChI=1S/C25H23N3O5S/c1-31-22-13-18(6-7-21(22)32-14-19-15-34-16-26-19)24(29)27-8-10-28(11-9-27)25(30)23-12-17-4-2-3-5-20(17)33-23/h2-7,12-13,15-16H,8-11,14H2,1H3. The van der Waals surface area contributed by atoms with E-state index in [2.05, 4.69) is 4.98 Å². The number of fused-ring (bicyclic) bond motifs is 1. The van der Waals surface area contributed by atoms with Gasteiger partial charge in [0.25, 0.3) is 11.8 Å². The number of amides is 2. The highest BCUT2D eigenvalue weighted by Crippen LogP contribution is 2.29. The first-order valence-corrected chi connectivity index (χ1v) is 11.8. The summed E-state index contributed by atoms with van der Waals surface area (Å²) in [6, 6.07) is 14.4. The van der Waals surface area contributed by atoms with E-state index in [0.29, 0.717) is 61.2 Å². The molecule has 34 heavy (non-hydrogen) atoms. The van der Waals surface area contributed by atoms with Crippen LogP contribution in [0.3, 0.4) is 0 Å². The second-order valence-corrected chi connectivity index (χ2v) is 8.59. The van der Waals surface area contributed by atoms with Crippen molar-refractivity contribution in [2.24, 2.45) is 0 Å². The molecule has 0 atom stereocenters. The molecule has 0 radical (unpaired) electrons. The van der Waals surface area contributed by atoms with E-state index in [4.69, 9.17) is 13.9 Å². The van der Waals surface area contributed by atoms with Crippen LogP contribution in [0.5, 0.6) is 11.5 Å². The molecule has 174 valence electrons. The Balaban J connectivity index is 1.21. The summed E-state index contributed by atoms with van der Waals surface area (Å²) < 4.78 is 16.9. The SMILES string of the molecule is COc1cc(C(=O)N2CCN(C(=O)c3cc4ccccc4o3)CC2)ccc1OCc1cscn1. The fourth-order valence-electron chi connectivity index (χ4n) is 3.92. The van der Waals surface area contributed by atoms with Crippen LogP contribution in [0.25, 0.3) is 11.0 Å². The van der Waals surface area contributed by atoms with Gasteiger partial charge in [0.1, 0.15) is 12.2 Å². The summed E-state index contributed by atoms with van der Waals surface area (Å²) >= 11 is 1.51. The predicted octanol–water partition coefficient (Wildman–Crippen LogP) is 4.08. The van der Waals surface area contributed by atoms with Gasteiger partial charge in [0, 0.05) is 42.5 Å². The van der Waals surface area contributed by atoms with Crippen LogP contribution in [0.4, 0.5) is 0 Å². The molecule has 1 aliphatic heterocycles. The summed E-state index contributed by atoms with van der Waals surface area (Å²) in [5, 5.41) is 2.82. The minimum absolute atomic E-state index is 0.111. The molecule has 2 aromatic carbocycles. The van der Waals surface area contributed by atoms with Crippen molar-refractivity contribution in [3.05, 3.63) is 76.4 Å². The Morgan fingerprint density at radius 2 is 1.76 bits per heavy atom. The van der Waals surface area contributed by atoms with Crippen LogP contribution < -0.4 is 9.47 Å². The molecule has 3 heterocycles. The minimum Gasteiger partial charge on any atom is -0.493 e. The molecule has 2 aromatic heterocycles. The first-order chi connectivity index (χ1) is 16.6. The number of hydrogen-bond acceptors (Lipinski definition) is 7. The molecule has 0 saturated carbocycles. The van der Waals surface area contributed by atoms with E-state index < -0.39 is 0 Å². The van der Waals surface area contributed by atoms with Crippen molar-refractivity contribution in [1.82, 2.24) is 14.8 Å². The van der Waals surface area contributed by atoms with Crippen molar-refractivity contribution in [1.29, 1.82) is 0 Å². The van der Waals surface area contributed by atoms with E-state index >= 15 is 0 Å². The van der Waals surface area contributed by atoms with Crippen LogP contribution in [-0.4, -0.2) is 59.9 Å². The number of carbonyl (C=O) groups excluding carboxylic acids is 2. The number of rotatable bonds is 6. The first-order valence-electron chi connectivity index (χ1n) is 10.9. The van der Waals surface area contributed by atoms with Gasteiger partial charge in [-0.3, -0.25) is 9.59 Å². The fourth-order valence-corrected chi connectivity index (χ4v) is 4.46. The van der Waals surface area contributed by atoms with Gasteiger partial charge in [0.2, 0.25) is 0 Å². The van der Waals surface area contributed by atoms with Crippen molar-refractivity contribution in [2.45, 2.75) is 6.61 Å². The largest absolute Gasteiger partial charge is 0.493 e.